The van der Waals surface area contributed by atoms with Crippen LogP contribution in [0.25, 0.3) is 0 Å². The lowest BCUT2D eigenvalue weighted by atomic mass is 10.6. The van der Waals surface area contributed by atoms with Crippen molar-refractivity contribution < 1.29 is 9.59 Å². The second kappa shape index (κ2) is 6.51. The van der Waals surface area contributed by atoms with Crippen molar-refractivity contribution in [3.8, 4) is 0 Å². The van der Waals surface area contributed by atoms with Crippen LogP contribution >= 0.6 is 0 Å². The number of carbonyl (C=O) groups is 1. The highest BCUT2D eigenvalue weighted by Crippen LogP contribution is 1.65. The van der Waals surface area contributed by atoms with Crippen LogP contribution in [0, 0.1) is 0 Å². The van der Waals surface area contributed by atoms with Gasteiger partial charge in [-0.1, -0.05) is 6.08 Å². The summed E-state index contributed by atoms with van der Waals surface area (Å²) < 4.78 is 0. The summed E-state index contributed by atoms with van der Waals surface area (Å²) in [6.45, 7) is 3.74. The van der Waals surface area contributed by atoms with Crippen molar-refractivity contribution in [1.82, 2.24) is 10.6 Å². The molecular weight excluding hydrogens is 146 g/mol. The molecule has 5 heteroatoms. The zero-order valence-electron chi connectivity index (χ0n) is 5.96. The Morgan fingerprint density at radius 3 is 2.91 bits per heavy atom. The molecule has 0 aromatic rings. The Labute approximate surface area is 64.2 Å². The predicted molar refractivity (Wildman–Crippen MR) is 39.7 cm³/mol. The number of nitrogens with zero attached hydrogens (tertiary/aromatic N) is 1. The van der Waals surface area contributed by atoms with E-state index in [2.05, 4.69) is 22.2 Å². The van der Waals surface area contributed by atoms with E-state index in [9.17, 15) is 9.59 Å². The molecule has 0 heterocycles. The number of carbonyl (C=O) groups excluding carboxylic acids is 2. The van der Waals surface area contributed by atoms with Crippen LogP contribution in [0.5, 0.6) is 0 Å². The summed E-state index contributed by atoms with van der Waals surface area (Å²) in [5.74, 6) is 0. The van der Waals surface area contributed by atoms with Crippen LogP contribution in [0.2, 0.25) is 0 Å². The Morgan fingerprint density at radius 2 is 2.36 bits per heavy atom. The van der Waals surface area contributed by atoms with Crippen LogP contribution in [0.1, 0.15) is 0 Å². The fourth-order valence-electron chi connectivity index (χ4n) is 0.371. The van der Waals surface area contributed by atoms with Gasteiger partial charge in [-0.2, -0.15) is 4.99 Å². The molecule has 0 atom stereocenters. The molecule has 0 aromatic carbocycles. The summed E-state index contributed by atoms with van der Waals surface area (Å²) in [5, 5.41) is 4.72. The standard InChI is InChI=1S/C6H9N3O2/c1-2-3-8-6(11)9-4-7-5-10/h2H,1,3-4H2,(H2,8,9,11). The molecule has 0 fully saturated rings. The van der Waals surface area contributed by atoms with E-state index in [4.69, 9.17) is 0 Å². The lowest BCUT2D eigenvalue weighted by Gasteiger charge is -2.00. The van der Waals surface area contributed by atoms with Crippen LogP contribution in [-0.2, 0) is 4.79 Å². The Balaban J connectivity index is 3.36. The van der Waals surface area contributed by atoms with Gasteiger partial charge in [0.2, 0.25) is 6.08 Å². The van der Waals surface area contributed by atoms with E-state index in [1.807, 2.05) is 0 Å². The number of rotatable bonds is 4. The van der Waals surface area contributed by atoms with Gasteiger partial charge in [0.15, 0.2) is 0 Å². The molecule has 2 amide bonds. The van der Waals surface area contributed by atoms with E-state index < -0.39 is 0 Å². The topological polar surface area (TPSA) is 70.6 Å². The largest absolute Gasteiger partial charge is 0.335 e. The zero-order chi connectivity index (χ0) is 8.53. The molecule has 0 saturated carbocycles. The van der Waals surface area contributed by atoms with Crippen molar-refractivity contribution in [2.45, 2.75) is 0 Å². The summed E-state index contributed by atoms with van der Waals surface area (Å²) in [6, 6.07) is -0.385. The Hall–Kier alpha value is -1.61. The van der Waals surface area contributed by atoms with Crippen molar-refractivity contribution in [3.63, 3.8) is 0 Å². The van der Waals surface area contributed by atoms with Crippen molar-refractivity contribution in [1.29, 1.82) is 0 Å². The lowest BCUT2D eigenvalue weighted by Crippen LogP contribution is -2.35. The molecule has 60 valence electrons. The van der Waals surface area contributed by atoms with E-state index in [1.54, 1.807) is 6.08 Å². The molecule has 0 spiro atoms. The molecule has 5 nitrogen and oxygen atoms in total. The van der Waals surface area contributed by atoms with Crippen molar-refractivity contribution in [3.05, 3.63) is 12.7 Å². The predicted octanol–water partition coefficient (Wildman–Crippen LogP) is -0.235. The molecule has 11 heavy (non-hydrogen) atoms. The van der Waals surface area contributed by atoms with Crippen LogP contribution < -0.4 is 10.6 Å². The average Bonchev–Trinajstić information content (AvgIpc) is 2.01. The first-order valence-corrected chi connectivity index (χ1v) is 2.97. The minimum absolute atomic E-state index is 0.0491. The lowest BCUT2D eigenvalue weighted by molar-refractivity contribution is 0.242. The molecule has 2 N–H and O–H groups in total. The second-order valence-electron chi connectivity index (χ2n) is 1.58. The summed E-state index contributed by atoms with van der Waals surface area (Å²) in [7, 11) is 0. The maximum atomic E-state index is 10.6. The normalized spacial score (nSPS) is 7.64. The molecule has 0 aliphatic rings. The van der Waals surface area contributed by atoms with Crippen molar-refractivity contribution in [2.75, 3.05) is 13.2 Å². The van der Waals surface area contributed by atoms with Crippen molar-refractivity contribution >= 4 is 12.1 Å². The van der Waals surface area contributed by atoms with Crippen LogP contribution in [0.4, 0.5) is 4.79 Å². The molecule has 0 unspecified atom stereocenters. The number of hydrogen-bond acceptors (Lipinski definition) is 3. The highest BCUT2D eigenvalue weighted by atomic mass is 16.2. The number of aliphatic imine (C=N–C) groups is 1. The molecule has 0 saturated heterocycles. The highest BCUT2D eigenvalue weighted by molar-refractivity contribution is 5.73. The minimum Gasteiger partial charge on any atom is -0.335 e. The molecule has 0 aliphatic heterocycles. The number of urea groups is 1. The highest BCUT2D eigenvalue weighted by Gasteiger charge is 1.92. The Bertz CT molecular complexity index is 184. The second-order valence-corrected chi connectivity index (χ2v) is 1.58. The summed E-state index contributed by atoms with van der Waals surface area (Å²) >= 11 is 0. The van der Waals surface area contributed by atoms with Gasteiger partial charge in [0, 0.05) is 6.54 Å². The van der Waals surface area contributed by atoms with Gasteiger partial charge in [-0.15, -0.1) is 6.58 Å². The number of amides is 2. The van der Waals surface area contributed by atoms with E-state index >= 15 is 0 Å². The van der Waals surface area contributed by atoms with Gasteiger partial charge in [-0.05, 0) is 0 Å². The van der Waals surface area contributed by atoms with Gasteiger partial charge in [0.1, 0.15) is 6.67 Å². The number of nitrogens with one attached hydrogen (secondary N) is 2. The van der Waals surface area contributed by atoms with E-state index in [0.717, 1.165) is 0 Å². The van der Waals surface area contributed by atoms with Gasteiger partial charge in [-0.3, -0.25) is 0 Å². The smallest absolute Gasteiger partial charge is 0.316 e. The summed E-state index contributed by atoms with van der Waals surface area (Å²) in [6.07, 6.45) is 2.84. The van der Waals surface area contributed by atoms with E-state index in [0.29, 0.717) is 6.54 Å². The molecule has 0 aromatic heterocycles. The third-order valence-corrected chi connectivity index (χ3v) is 0.790. The molecular formula is C6H9N3O2. The maximum absolute atomic E-state index is 10.6. The Kier molecular flexibility index (Phi) is 5.56. The van der Waals surface area contributed by atoms with Crippen LogP contribution in [0.15, 0.2) is 17.6 Å². The SMILES string of the molecule is C=CCNC(=O)NCN=C=O. The van der Waals surface area contributed by atoms with Crippen LogP contribution in [-0.4, -0.2) is 25.3 Å². The van der Waals surface area contributed by atoms with Gasteiger partial charge < -0.3 is 10.6 Å². The zero-order valence-corrected chi connectivity index (χ0v) is 5.96. The monoisotopic (exact) mass is 155 g/mol. The number of isocyanates is 1. The van der Waals surface area contributed by atoms with Gasteiger partial charge in [0.05, 0.1) is 0 Å². The fourth-order valence-corrected chi connectivity index (χ4v) is 0.371. The fraction of sp³-hybridized carbons (Fsp3) is 0.333. The quantitative estimate of drug-likeness (QED) is 0.334. The van der Waals surface area contributed by atoms with Gasteiger partial charge in [0.25, 0.3) is 0 Å². The van der Waals surface area contributed by atoms with Gasteiger partial charge >= 0.3 is 6.03 Å². The molecule has 0 radical (unpaired) electrons. The maximum Gasteiger partial charge on any atom is 0.316 e. The average molecular weight is 155 g/mol. The van der Waals surface area contributed by atoms with Gasteiger partial charge in [-0.25, -0.2) is 9.59 Å². The first-order chi connectivity index (χ1) is 5.31. The Morgan fingerprint density at radius 1 is 1.64 bits per heavy atom. The first kappa shape index (κ1) is 9.39. The molecule has 0 rings (SSSR count). The van der Waals surface area contributed by atoms with E-state index in [1.165, 1.54) is 6.08 Å². The first-order valence-electron chi connectivity index (χ1n) is 2.97. The van der Waals surface area contributed by atoms with Crippen LogP contribution in [0.3, 0.4) is 0 Å². The summed E-state index contributed by atoms with van der Waals surface area (Å²) in [4.78, 5) is 23.3. The molecule has 0 bridgehead atoms. The third kappa shape index (κ3) is 6.27. The third-order valence-electron chi connectivity index (χ3n) is 0.790. The van der Waals surface area contributed by atoms with Crippen molar-refractivity contribution in [2.24, 2.45) is 4.99 Å². The summed E-state index contributed by atoms with van der Waals surface area (Å²) in [5.41, 5.74) is 0. The van der Waals surface area contributed by atoms with E-state index in [-0.39, 0.29) is 12.7 Å². The number of hydrogen-bond donors (Lipinski definition) is 2. The molecule has 0 aliphatic carbocycles. The minimum atomic E-state index is -0.385.